The van der Waals surface area contributed by atoms with Gasteiger partial charge in [-0.1, -0.05) is 48.2 Å². The van der Waals surface area contributed by atoms with Crippen LogP contribution < -0.4 is 10.1 Å². The van der Waals surface area contributed by atoms with E-state index < -0.39 is 0 Å². The van der Waals surface area contributed by atoms with Gasteiger partial charge in [0, 0.05) is 10.9 Å². The summed E-state index contributed by atoms with van der Waals surface area (Å²) in [7, 11) is 1.63. The standard InChI is InChI=1S/C23H21N3O3S/c1-15(16-8-4-6-11-19(16)28-2)24-21(27)14-30-23-17-9-3-5-10-18(17)25-22(26-23)20-12-7-13-29-20/h3-13,15H,14H2,1-2H3,(H,24,27). The van der Waals surface area contributed by atoms with Crippen molar-refractivity contribution in [3.63, 3.8) is 0 Å². The van der Waals surface area contributed by atoms with E-state index in [-0.39, 0.29) is 17.7 Å². The van der Waals surface area contributed by atoms with Crippen LogP contribution in [0.4, 0.5) is 0 Å². The van der Waals surface area contributed by atoms with Gasteiger partial charge in [-0.3, -0.25) is 4.79 Å². The van der Waals surface area contributed by atoms with Gasteiger partial charge in [0.05, 0.1) is 30.7 Å². The fourth-order valence-corrected chi connectivity index (χ4v) is 4.02. The van der Waals surface area contributed by atoms with Crippen LogP contribution in [0.5, 0.6) is 5.75 Å². The maximum atomic E-state index is 12.6. The summed E-state index contributed by atoms with van der Waals surface area (Å²) in [5, 5.41) is 4.68. The average molecular weight is 420 g/mol. The normalized spacial score (nSPS) is 11.9. The molecule has 6 nitrogen and oxygen atoms in total. The first-order valence-corrected chi connectivity index (χ1v) is 10.5. The second-order valence-electron chi connectivity index (χ2n) is 6.67. The molecule has 0 fully saturated rings. The van der Waals surface area contributed by atoms with Gasteiger partial charge in [0.15, 0.2) is 11.6 Å². The Labute approximate surface area is 178 Å². The van der Waals surface area contributed by atoms with E-state index in [0.717, 1.165) is 27.2 Å². The molecule has 2 heterocycles. The van der Waals surface area contributed by atoms with Gasteiger partial charge in [-0.15, -0.1) is 0 Å². The third-order valence-electron chi connectivity index (χ3n) is 4.63. The van der Waals surface area contributed by atoms with Gasteiger partial charge >= 0.3 is 0 Å². The molecule has 0 aliphatic carbocycles. The quantitative estimate of drug-likeness (QED) is 0.340. The van der Waals surface area contributed by atoms with Crippen molar-refractivity contribution in [1.82, 2.24) is 15.3 Å². The van der Waals surface area contributed by atoms with E-state index in [1.54, 1.807) is 19.4 Å². The molecule has 1 unspecified atom stereocenters. The number of hydrogen-bond donors (Lipinski definition) is 1. The Hall–Kier alpha value is -3.32. The summed E-state index contributed by atoms with van der Waals surface area (Å²) < 4.78 is 10.8. The summed E-state index contributed by atoms with van der Waals surface area (Å²) in [6, 6.07) is 18.9. The van der Waals surface area contributed by atoms with Gasteiger partial charge in [0.1, 0.15) is 10.8 Å². The molecular weight excluding hydrogens is 398 g/mol. The van der Waals surface area contributed by atoms with E-state index >= 15 is 0 Å². The van der Waals surface area contributed by atoms with E-state index in [9.17, 15) is 4.79 Å². The largest absolute Gasteiger partial charge is 0.496 e. The second-order valence-corrected chi connectivity index (χ2v) is 7.63. The Kier molecular flexibility index (Phi) is 5.99. The monoisotopic (exact) mass is 419 g/mol. The summed E-state index contributed by atoms with van der Waals surface area (Å²) in [6.07, 6.45) is 1.59. The van der Waals surface area contributed by atoms with Crippen LogP contribution in [0.1, 0.15) is 18.5 Å². The molecule has 30 heavy (non-hydrogen) atoms. The van der Waals surface area contributed by atoms with Crippen molar-refractivity contribution in [3.05, 3.63) is 72.5 Å². The minimum Gasteiger partial charge on any atom is -0.496 e. The van der Waals surface area contributed by atoms with E-state index in [2.05, 4.69) is 15.3 Å². The van der Waals surface area contributed by atoms with E-state index in [1.165, 1.54) is 11.8 Å². The number of thioether (sulfide) groups is 1. The zero-order valence-electron chi connectivity index (χ0n) is 16.7. The van der Waals surface area contributed by atoms with Crippen molar-refractivity contribution in [2.24, 2.45) is 0 Å². The number of para-hydroxylation sites is 2. The number of methoxy groups -OCH3 is 1. The maximum absolute atomic E-state index is 12.6. The number of benzene rings is 2. The molecule has 0 saturated heterocycles. The lowest BCUT2D eigenvalue weighted by atomic mass is 10.1. The van der Waals surface area contributed by atoms with Crippen molar-refractivity contribution < 1.29 is 13.9 Å². The number of nitrogens with zero attached hydrogens (tertiary/aromatic N) is 2. The van der Waals surface area contributed by atoms with Crippen molar-refractivity contribution in [3.8, 4) is 17.3 Å². The van der Waals surface area contributed by atoms with Crippen LogP contribution in [0.2, 0.25) is 0 Å². The van der Waals surface area contributed by atoms with E-state index in [0.29, 0.717) is 11.6 Å². The lowest BCUT2D eigenvalue weighted by Gasteiger charge is -2.17. The summed E-state index contributed by atoms with van der Waals surface area (Å²) >= 11 is 1.38. The molecule has 1 atom stereocenters. The van der Waals surface area contributed by atoms with Gasteiger partial charge in [-0.2, -0.15) is 0 Å². The lowest BCUT2D eigenvalue weighted by molar-refractivity contribution is -0.119. The van der Waals surface area contributed by atoms with Crippen LogP contribution in [0, 0.1) is 0 Å². The topological polar surface area (TPSA) is 77.2 Å². The van der Waals surface area contributed by atoms with Crippen LogP contribution in [0.3, 0.4) is 0 Å². The second kappa shape index (κ2) is 9.00. The Bertz CT molecular complexity index is 1160. The van der Waals surface area contributed by atoms with Gasteiger partial charge in [0.2, 0.25) is 5.91 Å². The van der Waals surface area contributed by atoms with Gasteiger partial charge in [-0.25, -0.2) is 9.97 Å². The van der Waals surface area contributed by atoms with E-state index in [1.807, 2.05) is 61.5 Å². The summed E-state index contributed by atoms with van der Waals surface area (Å²) in [5.41, 5.74) is 1.75. The number of ether oxygens (including phenoxy) is 1. The number of amides is 1. The fourth-order valence-electron chi connectivity index (χ4n) is 3.19. The number of aromatic nitrogens is 2. The molecule has 4 aromatic rings. The molecule has 0 radical (unpaired) electrons. The Morgan fingerprint density at radius 2 is 1.90 bits per heavy atom. The molecule has 2 aromatic carbocycles. The Morgan fingerprint density at radius 3 is 2.70 bits per heavy atom. The average Bonchev–Trinajstić information content (AvgIpc) is 3.32. The number of carbonyl (C=O) groups excluding carboxylic acids is 1. The molecule has 0 bridgehead atoms. The predicted octanol–water partition coefficient (Wildman–Crippen LogP) is 4.87. The first-order chi connectivity index (χ1) is 14.7. The Balaban J connectivity index is 1.51. The number of hydrogen-bond acceptors (Lipinski definition) is 6. The first kappa shape index (κ1) is 20.0. The molecule has 0 aliphatic rings. The SMILES string of the molecule is COc1ccccc1C(C)NC(=O)CSc1nc(-c2ccco2)nc2ccccc12. The molecule has 0 saturated carbocycles. The van der Waals surface area contributed by atoms with Crippen LogP contribution in [-0.2, 0) is 4.79 Å². The summed E-state index contributed by atoms with van der Waals surface area (Å²) in [5.74, 6) is 2.00. The number of rotatable bonds is 7. The van der Waals surface area contributed by atoms with Crippen LogP contribution in [0.25, 0.3) is 22.5 Å². The van der Waals surface area contributed by atoms with Gasteiger partial charge in [0.25, 0.3) is 0 Å². The van der Waals surface area contributed by atoms with Gasteiger partial charge < -0.3 is 14.5 Å². The van der Waals surface area contributed by atoms with Crippen LogP contribution >= 0.6 is 11.8 Å². The van der Waals surface area contributed by atoms with Crippen LogP contribution in [-0.4, -0.2) is 28.7 Å². The molecule has 0 spiro atoms. The molecule has 4 rings (SSSR count). The molecule has 2 aromatic heterocycles. The summed E-state index contributed by atoms with van der Waals surface area (Å²) in [6.45, 7) is 1.94. The molecule has 1 N–H and O–H groups in total. The van der Waals surface area contributed by atoms with Crippen molar-refractivity contribution in [2.45, 2.75) is 18.0 Å². The first-order valence-electron chi connectivity index (χ1n) is 9.51. The highest BCUT2D eigenvalue weighted by molar-refractivity contribution is 8.00. The van der Waals surface area contributed by atoms with Gasteiger partial charge in [-0.05, 0) is 31.2 Å². The highest BCUT2D eigenvalue weighted by Crippen LogP contribution is 2.29. The molecular formula is C23H21N3O3S. The zero-order chi connectivity index (χ0) is 20.9. The molecule has 152 valence electrons. The Morgan fingerprint density at radius 1 is 1.10 bits per heavy atom. The highest BCUT2D eigenvalue weighted by atomic mass is 32.2. The third kappa shape index (κ3) is 4.31. The molecule has 1 amide bonds. The minimum absolute atomic E-state index is 0.0827. The molecule has 7 heteroatoms. The van der Waals surface area contributed by atoms with Crippen molar-refractivity contribution in [2.75, 3.05) is 12.9 Å². The minimum atomic E-state index is -0.171. The van der Waals surface area contributed by atoms with Crippen LogP contribution in [0.15, 0.2) is 76.4 Å². The van der Waals surface area contributed by atoms with E-state index in [4.69, 9.17) is 9.15 Å². The number of furan rings is 1. The fraction of sp³-hybridized carbons (Fsp3) is 0.174. The third-order valence-corrected chi connectivity index (χ3v) is 5.62. The predicted molar refractivity (Wildman–Crippen MR) is 118 cm³/mol. The number of nitrogens with one attached hydrogen (secondary N) is 1. The smallest absolute Gasteiger partial charge is 0.230 e. The van der Waals surface area contributed by atoms with Crippen molar-refractivity contribution >= 4 is 28.6 Å². The number of fused-ring (bicyclic) bond motifs is 1. The lowest BCUT2D eigenvalue weighted by Crippen LogP contribution is -2.28. The maximum Gasteiger partial charge on any atom is 0.230 e. The summed E-state index contributed by atoms with van der Waals surface area (Å²) in [4.78, 5) is 21.8. The van der Waals surface area contributed by atoms with Crippen molar-refractivity contribution in [1.29, 1.82) is 0 Å². The molecule has 0 aliphatic heterocycles. The zero-order valence-corrected chi connectivity index (χ0v) is 17.5. The highest BCUT2D eigenvalue weighted by Gasteiger charge is 2.16. The number of carbonyl (C=O) groups is 1.